The maximum atomic E-state index is 13.5. The summed E-state index contributed by atoms with van der Waals surface area (Å²) in [6.45, 7) is 0. The normalized spacial score (nSPS) is 14.6. The lowest BCUT2D eigenvalue weighted by atomic mass is 9.84. The molecule has 0 aliphatic heterocycles. The van der Waals surface area contributed by atoms with E-state index in [1.54, 1.807) is 21.4 Å². The van der Waals surface area contributed by atoms with E-state index in [4.69, 9.17) is 4.98 Å². The van der Waals surface area contributed by atoms with Crippen LogP contribution in [-0.2, 0) is 7.05 Å². The van der Waals surface area contributed by atoms with Gasteiger partial charge in [-0.15, -0.1) is 0 Å². The van der Waals surface area contributed by atoms with Crippen LogP contribution in [0.1, 0.15) is 31.0 Å². The van der Waals surface area contributed by atoms with Crippen molar-refractivity contribution in [3.05, 3.63) is 75.1 Å². The van der Waals surface area contributed by atoms with Crippen molar-refractivity contribution in [2.24, 2.45) is 7.05 Å². The fraction of sp³-hybridized carbons (Fsp3) is 0.238. The highest BCUT2D eigenvalue weighted by molar-refractivity contribution is 5.89. The SMILES string of the molecule is Cn1c2cccnc2c(=O)c2c(=O)n(-c3ccccc3)c(C3CCC3)nc21. The third-order valence-electron chi connectivity index (χ3n) is 5.48. The van der Waals surface area contributed by atoms with E-state index in [2.05, 4.69) is 4.98 Å². The van der Waals surface area contributed by atoms with E-state index in [0.717, 1.165) is 30.8 Å². The van der Waals surface area contributed by atoms with E-state index in [-0.39, 0.29) is 22.3 Å². The smallest absolute Gasteiger partial charge is 0.271 e. The van der Waals surface area contributed by atoms with Gasteiger partial charge in [0.05, 0.1) is 11.2 Å². The average molecular weight is 358 g/mol. The van der Waals surface area contributed by atoms with Gasteiger partial charge in [-0.3, -0.25) is 19.1 Å². The van der Waals surface area contributed by atoms with Gasteiger partial charge in [-0.05, 0) is 37.1 Å². The first-order valence-corrected chi connectivity index (χ1v) is 9.12. The van der Waals surface area contributed by atoms with Crippen LogP contribution in [0.2, 0.25) is 0 Å². The highest BCUT2D eigenvalue weighted by atomic mass is 16.1. The number of benzene rings is 1. The quantitative estimate of drug-likeness (QED) is 0.517. The molecule has 3 aromatic heterocycles. The van der Waals surface area contributed by atoms with Crippen molar-refractivity contribution >= 4 is 22.1 Å². The van der Waals surface area contributed by atoms with E-state index in [1.807, 2.05) is 43.4 Å². The number of rotatable bonds is 2. The van der Waals surface area contributed by atoms with E-state index in [9.17, 15) is 9.59 Å². The van der Waals surface area contributed by atoms with E-state index >= 15 is 0 Å². The number of aryl methyl sites for hydroxylation is 1. The van der Waals surface area contributed by atoms with E-state index in [0.29, 0.717) is 16.7 Å². The Balaban J connectivity index is 1.99. The summed E-state index contributed by atoms with van der Waals surface area (Å²) < 4.78 is 3.42. The van der Waals surface area contributed by atoms with Crippen molar-refractivity contribution in [1.29, 1.82) is 0 Å². The average Bonchev–Trinajstić information content (AvgIpc) is 2.65. The molecule has 1 aliphatic carbocycles. The second-order valence-corrected chi connectivity index (χ2v) is 7.03. The number of pyridine rings is 2. The van der Waals surface area contributed by atoms with Crippen LogP contribution >= 0.6 is 0 Å². The highest BCUT2D eigenvalue weighted by Crippen LogP contribution is 2.36. The van der Waals surface area contributed by atoms with Gasteiger partial charge in [0.25, 0.3) is 5.56 Å². The van der Waals surface area contributed by atoms with Gasteiger partial charge in [-0.25, -0.2) is 4.98 Å². The molecule has 4 aromatic rings. The van der Waals surface area contributed by atoms with Crippen LogP contribution in [0.3, 0.4) is 0 Å². The van der Waals surface area contributed by atoms with Crippen LogP contribution < -0.4 is 11.0 Å². The Morgan fingerprint density at radius 2 is 1.81 bits per heavy atom. The zero-order valence-electron chi connectivity index (χ0n) is 14.9. The zero-order chi connectivity index (χ0) is 18.5. The lowest BCUT2D eigenvalue weighted by molar-refractivity contribution is 0.394. The standard InChI is InChI=1S/C21H18N4O2/c1-24-15-11-6-12-22-17(15)18(26)16-20(24)23-19(13-7-5-8-13)25(21(16)27)14-9-3-2-4-10-14/h2-4,6,9-13H,5,7-8H2,1H3. The molecule has 1 fully saturated rings. The molecule has 0 atom stereocenters. The van der Waals surface area contributed by atoms with Crippen LogP contribution in [0.5, 0.6) is 0 Å². The molecule has 0 spiro atoms. The Kier molecular flexibility index (Phi) is 3.47. The fourth-order valence-corrected chi connectivity index (χ4v) is 3.81. The molecular formula is C21H18N4O2. The number of aromatic nitrogens is 4. The maximum absolute atomic E-state index is 13.5. The minimum absolute atomic E-state index is 0.0932. The Morgan fingerprint density at radius 3 is 2.52 bits per heavy atom. The zero-order valence-corrected chi connectivity index (χ0v) is 14.9. The number of hydrogen-bond donors (Lipinski definition) is 0. The van der Waals surface area contributed by atoms with Crippen LogP contribution in [0.4, 0.5) is 0 Å². The first-order valence-electron chi connectivity index (χ1n) is 9.12. The minimum atomic E-state index is -0.360. The van der Waals surface area contributed by atoms with Gasteiger partial charge in [0, 0.05) is 19.2 Å². The molecule has 0 bridgehead atoms. The molecule has 0 amide bonds. The number of hydrogen-bond acceptors (Lipinski definition) is 4. The van der Waals surface area contributed by atoms with Crippen molar-refractivity contribution in [3.63, 3.8) is 0 Å². The highest BCUT2D eigenvalue weighted by Gasteiger charge is 2.28. The summed E-state index contributed by atoms with van der Waals surface area (Å²) >= 11 is 0. The van der Waals surface area contributed by atoms with Gasteiger partial charge in [-0.1, -0.05) is 24.6 Å². The topological polar surface area (TPSA) is 69.8 Å². The molecule has 6 heteroatoms. The van der Waals surface area contributed by atoms with Crippen LogP contribution in [0, 0.1) is 0 Å². The molecule has 0 saturated heterocycles. The predicted octanol–water partition coefficient (Wildman–Crippen LogP) is 2.90. The molecule has 0 unspecified atom stereocenters. The van der Waals surface area contributed by atoms with Crippen molar-refractivity contribution < 1.29 is 0 Å². The first kappa shape index (κ1) is 15.9. The van der Waals surface area contributed by atoms with Crippen molar-refractivity contribution in [3.8, 4) is 5.69 Å². The molecule has 0 radical (unpaired) electrons. The second-order valence-electron chi connectivity index (χ2n) is 7.03. The fourth-order valence-electron chi connectivity index (χ4n) is 3.81. The second kappa shape index (κ2) is 5.87. The molecule has 27 heavy (non-hydrogen) atoms. The van der Waals surface area contributed by atoms with Gasteiger partial charge in [0.2, 0.25) is 5.43 Å². The molecule has 134 valence electrons. The van der Waals surface area contributed by atoms with Crippen molar-refractivity contribution in [2.75, 3.05) is 0 Å². The number of fused-ring (bicyclic) bond motifs is 2. The Labute approximate surface area is 154 Å². The lowest BCUT2D eigenvalue weighted by Crippen LogP contribution is -2.32. The lowest BCUT2D eigenvalue weighted by Gasteiger charge is -2.28. The third-order valence-corrected chi connectivity index (χ3v) is 5.48. The molecule has 6 nitrogen and oxygen atoms in total. The van der Waals surface area contributed by atoms with Crippen LogP contribution in [0.15, 0.2) is 58.3 Å². The Bertz CT molecular complexity index is 1300. The van der Waals surface area contributed by atoms with Crippen LogP contribution in [0.25, 0.3) is 27.8 Å². The molecule has 5 rings (SSSR count). The summed E-state index contributed by atoms with van der Waals surface area (Å²) in [6.07, 6.45) is 4.72. The van der Waals surface area contributed by atoms with E-state index < -0.39 is 0 Å². The summed E-state index contributed by atoms with van der Waals surface area (Å²) in [5.74, 6) is 0.977. The molecule has 1 saturated carbocycles. The maximum Gasteiger partial charge on any atom is 0.271 e. The predicted molar refractivity (Wildman–Crippen MR) is 104 cm³/mol. The molecule has 1 aliphatic rings. The van der Waals surface area contributed by atoms with Crippen molar-refractivity contribution in [1.82, 2.24) is 19.1 Å². The summed E-state index contributed by atoms with van der Waals surface area (Å²) in [5.41, 5.74) is 1.46. The summed E-state index contributed by atoms with van der Waals surface area (Å²) in [4.78, 5) is 35.6. The van der Waals surface area contributed by atoms with Gasteiger partial charge in [0.15, 0.2) is 5.65 Å². The Morgan fingerprint density at radius 1 is 1.04 bits per heavy atom. The summed E-state index contributed by atoms with van der Waals surface area (Å²) in [7, 11) is 1.83. The summed E-state index contributed by atoms with van der Waals surface area (Å²) in [5, 5.41) is 0.0932. The molecule has 3 heterocycles. The Hall–Kier alpha value is -3.28. The van der Waals surface area contributed by atoms with Gasteiger partial charge in [0.1, 0.15) is 16.7 Å². The molecule has 1 aromatic carbocycles. The van der Waals surface area contributed by atoms with Crippen molar-refractivity contribution in [2.45, 2.75) is 25.2 Å². The monoisotopic (exact) mass is 358 g/mol. The minimum Gasteiger partial charge on any atom is -0.327 e. The third kappa shape index (κ3) is 2.26. The molecular weight excluding hydrogens is 340 g/mol. The summed E-state index contributed by atoms with van der Waals surface area (Å²) in [6, 6.07) is 13.0. The number of nitrogens with zero attached hydrogens (tertiary/aromatic N) is 4. The van der Waals surface area contributed by atoms with Gasteiger partial charge < -0.3 is 4.57 Å². The van der Waals surface area contributed by atoms with Gasteiger partial charge in [-0.2, -0.15) is 0 Å². The molecule has 0 N–H and O–H groups in total. The van der Waals surface area contributed by atoms with E-state index in [1.165, 1.54) is 0 Å². The largest absolute Gasteiger partial charge is 0.327 e. The first-order chi connectivity index (χ1) is 13.2. The van der Waals surface area contributed by atoms with Crippen LogP contribution in [-0.4, -0.2) is 19.1 Å². The van der Waals surface area contributed by atoms with Gasteiger partial charge >= 0.3 is 0 Å². The number of para-hydroxylation sites is 1.